The maximum atomic E-state index is 12.9. The summed E-state index contributed by atoms with van der Waals surface area (Å²) in [7, 11) is 0. The van der Waals surface area contributed by atoms with Crippen LogP contribution in [-0.4, -0.2) is 9.55 Å². The van der Waals surface area contributed by atoms with Gasteiger partial charge in [-0.3, -0.25) is 9.36 Å². The van der Waals surface area contributed by atoms with E-state index >= 15 is 0 Å². The zero-order valence-corrected chi connectivity index (χ0v) is 14.4. The molecule has 4 heteroatoms. The van der Waals surface area contributed by atoms with E-state index in [1.54, 1.807) is 22.2 Å². The average molecular weight is 336 g/mol. The number of thiophene rings is 1. The Balaban J connectivity index is 1.67. The number of rotatable bonds is 3. The van der Waals surface area contributed by atoms with Gasteiger partial charge in [0, 0.05) is 11.4 Å². The Morgan fingerprint density at radius 2 is 1.96 bits per heavy atom. The van der Waals surface area contributed by atoms with Crippen LogP contribution in [0.1, 0.15) is 35.3 Å². The van der Waals surface area contributed by atoms with E-state index in [2.05, 4.69) is 17.1 Å². The lowest BCUT2D eigenvalue weighted by Gasteiger charge is -2.03. The van der Waals surface area contributed by atoms with E-state index in [4.69, 9.17) is 0 Å². The quantitative estimate of drug-likeness (QED) is 0.663. The number of hydrogen-bond donors (Lipinski definition) is 0. The zero-order chi connectivity index (χ0) is 16.4. The molecule has 0 saturated carbocycles. The van der Waals surface area contributed by atoms with Crippen molar-refractivity contribution in [2.45, 2.75) is 38.6 Å². The standard InChI is InChI=1S/C20H20N2OS/c23-20-18-16-11-5-2-6-12-17(16)24-19(18)21-14-22(20)13-7-10-15-8-3-1-4-9-15/h1,3-4,7-10,14H,2,5-6,11-13H2/b10-7+. The van der Waals surface area contributed by atoms with Gasteiger partial charge in [0.2, 0.25) is 0 Å². The molecule has 0 saturated heterocycles. The van der Waals surface area contributed by atoms with Crippen molar-refractivity contribution >= 4 is 27.6 Å². The largest absolute Gasteiger partial charge is 0.295 e. The Hall–Kier alpha value is -2.20. The van der Waals surface area contributed by atoms with Crippen LogP contribution in [0.4, 0.5) is 0 Å². The molecular weight excluding hydrogens is 316 g/mol. The van der Waals surface area contributed by atoms with Crippen LogP contribution >= 0.6 is 11.3 Å². The molecule has 0 atom stereocenters. The van der Waals surface area contributed by atoms with Crippen LogP contribution in [0.3, 0.4) is 0 Å². The highest BCUT2D eigenvalue weighted by atomic mass is 32.1. The highest BCUT2D eigenvalue weighted by molar-refractivity contribution is 7.18. The molecule has 2 aromatic heterocycles. The van der Waals surface area contributed by atoms with Crippen molar-refractivity contribution in [2.24, 2.45) is 0 Å². The van der Waals surface area contributed by atoms with Crippen molar-refractivity contribution < 1.29 is 0 Å². The number of fused-ring (bicyclic) bond motifs is 3. The lowest BCUT2D eigenvalue weighted by Crippen LogP contribution is -2.20. The second kappa shape index (κ2) is 6.73. The zero-order valence-electron chi connectivity index (χ0n) is 13.6. The first-order valence-electron chi connectivity index (χ1n) is 8.54. The number of allylic oxidation sites excluding steroid dienone is 1. The van der Waals surface area contributed by atoms with Gasteiger partial charge in [-0.05, 0) is 36.8 Å². The van der Waals surface area contributed by atoms with Crippen molar-refractivity contribution in [3.8, 4) is 0 Å². The van der Waals surface area contributed by atoms with Crippen molar-refractivity contribution in [1.82, 2.24) is 9.55 Å². The van der Waals surface area contributed by atoms with Crippen LogP contribution in [0.25, 0.3) is 16.3 Å². The Labute approximate surface area is 145 Å². The fraction of sp³-hybridized carbons (Fsp3) is 0.300. The van der Waals surface area contributed by atoms with Crippen LogP contribution in [0.15, 0.2) is 47.5 Å². The Kier molecular flexibility index (Phi) is 4.30. The van der Waals surface area contributed by atoms with E-state index in [9.17, 15) is 4.79 Å². The monoisotopic (exact) mass is 336 g/mol. The van der Waals surface area contributed by atoms with Crippen molar-refractivity contribution in [3.05, 3.63) is 69.1 Å². The summed E-state index contributed by atoms with van der Waals surface area (Å²) in [6.07, 6.45) is 11.6. The molecule has 0 aliphatic heterocycles. The first kappa shape index (κ1) is 15.3. The van der Waals surface area contributed by atoms with Gasteiger partial charge in [-0.2, -0.15) is 0 Å². The first-order valence-corrected chi connectivity index (χ1v) is 9.36. The summed E-state index contributed by atoms with van der Waals surface area (Å²) in [4.78, 5) is 19.8. The van der Waals surface area contributed by atoms with Gasteiger partial charge in [0.05, 0.1) is 11.7 Å². The van der Waals surface area contributed by atoms with Gasteiger partial charge < -0.3 is 0 Å². The molecule has 24 heavy (non-hydrogen) atoms. The minimum Gasteiger partial charge on any atom is -0.295 e. The van der Waals surface area contributed by atoms with Crippen LogP contribution in [0, 0.1) is 0 Å². The molecule has 0 fully saturated rings. The summed E-state index contributed by atoms with van der Waals surface area (Å²) in [6, 6.07) is 10.1. The van der Waals surface area contributed by atoms with Crippen LogP contribution in [-0.2, 0) is 19.4 Å². The van der Waals surface area contributed by atoms with E-state index in [-0.39, 0.29) is 5.56 Å². The smallest absolute Gasteiger partial charge is 0.262 e. The molecule has 3 aromatic rings. The summed E-state index contributed by atoms with van der Waals surface area (Å²) < 4.78 is 1.72. The average Bonchev–Trinajstić information content (AvgIpc) is 2.80. The van der Waals surface area contributed by atoms with Gasteiger partial charge >= 0.3 is 0 Å². The van der Waals surface area contributed by atoms with E-state index in [0.29, 0.717) is 6.54 Å². The maximum Gasteiger partial charge on any atom is 0.262 e. The van der Waals surface area contributed by atoms with Crippen LogP contribution in [0.2, 0.25) is 0 Å². The third kappa shape index (κ3) is 2.94. The summed E-state index contributed by atoms with van der Waals surface area (Å²) >= 11 is 1.71. The summed E-state index contributed by atoms with van der Waals surface area (Å²) in [6.45, 7) is 0.557. The fourth-order valence-corrected chi connectivity index (χ4v) is 4.57. The molecular formula is C20H20N2OS. The van der Waals surface area contributed by atoms with Gasteiger partial charge in [0.15, 0.2) is 0 Å². The minimum absolute atomic E-state index is 0.108. The molecule has 4 rings (SSSR count). The Morgan fingerprint density at radius 1 is 1.12 bits per heavy atom. The second-order valence-electron chi connectivity index (χ2n) is 6.26. The predicted molar refractivity (Wildman–Crippen MR) is 101 cm³/mol. The highest BCUT2D eigenvalue weighted by Gasteiger charge is 2.18. The molecule has 0 amide bonds. The number of nitrogens with zero attached hydrogens (tertiary/aromatic N) is 2. The lowest BCUT2D eigenvalue weighted by molar-refractivity contribution is 0.712. The van der Waals surface area contributed by atoms with Crippen LogP contribution in [0.5, 0.6) is 0 Å². The number of aromatic nitrogens is 2. The van der Waals surface area contributed by atoms with Gasteiger partial charge in [-0.1, -0.05) is 48.9 Å². The van der Waals surface area contributed by atoms with Gasteiger partial charge in [0.1, 0.15) is 4.83 Å². The molecule has 122 valence electrons. The van der Waals surface area contributed by atoms with E-state index in [0.717, 1.165) is 28.6 Å². The van der Waals surface area contributed by atoms with Gasteiger partial charge in [-0.25, -0.2) is 4.98 Å². The van der Waals surface area contributed by atoms with Crippen LogP contribution < -0.4 is 5.56 Å². The number of benzene rings is 1. The molecule has 1 aliphatic rings. The molecule has 3 nitrogen and oxygen atoms in total. The number of aryl methyl sites for hydroxylation is 2. The summed E-state index contributed by atoms with van der Waals surface area (Å²) in [5.41, 5.74) is 2.52. The Bertz CT molecular complexity index is 937. The third-order valence-electron chi connectivity index (χ3n) is 4.60. The van der Waals surface area contributed by atoms with Crippen molar-refractivity contribution in [1.29, 1.82) is 0 Å². The molecule has 0 bridgehead atoms. The Morgan fingerprint density at radius 3 is 2.83 bits per heavy atom. The molecule has 0 N–H and O–H groups in total. The normalized spacial score (nSPS) is 14.8. The summed E-state index contributed by atoms with van der Waals surface area (Å²) in [5.74, 6) is 0. The van der Waals surface area contributed by atoms with E-state index in [1.165, 1.54) is 29.7 Å². The minimum atomic E-state index is 0.108. The topological polar surface area (TPSA) is 34.9 Å². The highest BCUT2D eigenvalue weighted by Crippen LogP contribution is 2.32. The van der Waals surface area contributed by atoms with E-state index < -0.39 is 0 Å². The third-order valence-corrected chi connectivity index (χ3v) is 5.80. The molecule has 1 aromatic carbocycles. The van der Waals surface area contributed by atoms with Crippen molar-refractivity contribution in [3.63, 3.8) is 0 Å². The lowest BCUT2D eigenvalue weighted by atomic mass is 10.1. The predicted octanol–water partition coefficient (Wildman–Crippen LogP) is 4.44. The van der Waals surface area contributed by atoms with Crippen molar-refractivity contribution in [2.75, 3.05) is 0 Å². The molecule has 1 aliphatic carbocycles. The molecule has 0 spiro atoms. The summed E-state index contributed by atoms with van der Waals surface area (Å²) in [5, 5.41) is 0.868. The van der Waals surface area contributed by atoms with Gasteiger partial charge in [-0.15, -0.1) is 11.3 Å². The maximum absolute atomic E-state index is 12.9. The second-order valence-corrected chi connectivity index (χ2v) is 7.34. The number of hydrogen-bond acceptors (Lipinski definition) is 3. The van der Waals surface area contributed by atoms with Gasteiger partial charge in [0.25, 0.3) is 5.56 Å². The molecule has 2 heterocycles. The first-order chi connectivity index (χ1) is 11.8. The fourth-order valence-electron chi connectivity index (χ4n) is 3.35. The van der Waals surface area contributed by atoms with E-state index in [1.807, 2.05) is 30.4 Å². The molecule has 0 radical (unpaired) electrons. The SMILES string of the molecule is O=c1c2c3c(sc2ncn1C/C=C/c1ccccc1)CCCCC3. The molecule has 0 unspecified atom stereocenters.